The van der Waals surface area contributed by atoms with Crippen LogP contribution in [-0.4, -0.2) is 20.9 Å². The predicted octanol–water partition coefficient (Wildman–Crippen LogP) is 4.40. The van der Waals surface area contributed by atoms with Gasteiger partial charge in [0.1, 0.15) is 17.5 Å². The molecule has 11 heteroatoms. The molecule has 0 atom stereocenters. The van der Waals surface area contributed by atoms with Gasteiger partial charge in [0, 0.05) is 31.0 Å². The first-order valence-corrected chi connectivity index (χ1v) is 9.62. The third kappa shape index (κ3) is 7.55. The first-order chi connectivity index (χ1) is 15.2. The molecule has 3 aromatic heterocycles. The van der Waals surface area contributed by atoms with Gasteiger partial charge in [-0.3, -0.25) is 14.8 Å². The number of aryl methyl sites for hydroxylation is 1. The summed E-state index contributed by atoms with van der Waals surface area (Å²) in [6.45, 7) is 1.85. The van der Waals surface area contributed by atoms with Crippen LogP contribution >= 0.6 is 11.6 Å². The SMILES string of the molecule is C/C=C/c1ncc(F)cc1N.Nc1cc(F)cnc1Cl.O=C1CCc2ncc(F)cc2N1. The highest BCUT2D eigenvalue weighted by atomic mass is 35.5. The van der Waals surface area contributed by atoms with E-state index in [1.54, 1.807) is 12.2 Å². The van der Waals surface area contributed by atoms with E-state index in [1.807, 2.05) is 6.92 Å². The number of amides is 1. The maximum atomic E-state index is 12.6. The second-order valence-electron chi connectivity index (χ2n) is 6.36. The summed E-state index contributed by atoms with van der Waals surface area (Å²) in [5, 5.41) is 2.69. The highest BCUT2D eigenvalue weighted by Crippen LogP contribution is 2.20. The Labute approximate surface area is 187 Å². The molecule has 0 bridgehead atoms. The van der Waals surface area contributed by atoms with Crippen molar-refractivity contribution in [2.75, 3.05) is 16.8 Å². The van der Waals surface area contributed by atoms with Gasteiger partial charge in [0.05, 0.1) is 47.0 Å². The zero-order chi connectivity index (χ0) is 23.7. The molecule has 0 aliphatic carbocycles. The molecule has 0 spiro atoms. The molecule has 0 saturated carbocycles. The number of nitrogens with one attached hydrogen (secondary N) is 1. The van der Waals surface area contributed by atoms with Gasteiger partial charge >= 0.3 is 0 Å². The number of carbonyl (C=O) groups excluding carboxylic acids is 1. The molecule has 7 nitrogen and oxygen atoms in total. The van der Waals surface area contributed by atoms with Gasteiger partial charge in [-0.25, -0.2) is 18.2 Å². The Hall–Kier alpha value is -3.66. The number of nitrogens with zero attached hydrogens (tertiary/aromatic N) is 3. The fourth-order valence-corrected chi connectivity index (χ4v) is 2.52. The van der Waals surface area contributed by atoms with E-state index >= 15 is 0 Å². The summed E-state index contributed by atoms with van der Waals surface area (Å²) in [6.07, 6.45) is 7.89. The van der Waals surface area contributed by atoms with Gasteiger partial charge in [-0.05, 0) is 13.0 Å². The van der Waals surface area contributed by atoms with E-state index in [9.17, 15) is 18.0 Å². The van der Waals surface area contributed by atoms with E-state index in [2.05, 4.69) is 20.3 Å². The number of rotatable bonds is 1. The van der Waals surface area contributed by atoms with E-state index < -0.39 is 17.5 Å². The number of aromatic nitrogens is 3. The summed E-state index contributed by atoms with van der Waals surface area (Å²) in [7, 11) is 0. The summed E-state index contributed by atoms with van der Waals surface area (Å²) in [5.74, 6) is -1.38. The van der Waals surface area contributed by atoms with Crippen molar-refractivity contribution in [2.45, 2.75) is 19.8 Å². The van der Waals surface area contributed by atoms with Crippen molar-refractivity contribution in [3.63, 3.8) is 0 Å². The average Bonchev–Trinajstić information content (AvgIpc) is 2.74. The maximum absolute atomic E-state index is 12.6. The first kappa shape index (κ1) is 24.6. The first-order valence-electron chi connectivity index (χ1n) is 9.24. The second-order valence-corrected chi connectivity index (χ2v) is 6.72. The second kappa shape index (κ2) is 11.7. The molecule has 0 saturated heterocycles. The molecule has 1 aliphatic rings. The number of carbonyl (C=O) groups is 1. The Balaban J connectivity index is 0.000000172. The molecule has 3 aromatic rings. The summed E-state index contributed by atoms with van der Waals surface area (Å²) >= 11 is 5.38. The van der Waals surface area contributed by atoms with Crippen molar-refractivity contribution in [3.8, 4) is 0 Å². The van der Waals surface area contributed by atoms with Crippen LogP contribution in [0.15, 0.2) is 42.9 Å². The number of anilines is 3. The minimum Gasteiger partial charge on any atom is -0.397 e. The molecular formula is C21H20ClF3N6O. The standard InChI is InChI=1S/C8H7FN2O.C8H9FN2.C5H4ClFN2/c9-5-3-7-6(10-4-5)1-2-8(12)11-7;1-2-3-8-7(10)4-6(9)5-11-8;6-5-4(8)1-3(7)2-9-5/h3-4H,1-2H2,(H,11,12);2-5H,10H2,1H3;1-2H,8H2/b;3-2+;. The number of nitrogen functional groups attached to an aromatic ring is 2. The quantitative estimate of drug-likeness (QED) is 0.459. The van der Waals surface area contributed by atoms with Crippen LogP contribution in [0.2, 0.25) is 5.15 Å². The Morgan fingerprint density at radius 1 is 0.938 bits per heavy atom. The molecule has 0 radical (unpaired) electrons. The fraction of sp³-hybridized carbons (Fsp3) is 0.143. The molecular weight excluding hydrogens is 445 g/mol. The van der Waals surface area contributed by atoms with Crippen molar-refractivity contribution < 1.29 is 18.0 Å². The van der Waals surface area contributed by atoms with E-state index in [0.717, 1.165) is 30.4 Å². The molecule has 1 aliphatic heterocycles. The van der Waals surface area contributed by atoms with Crippen LogP contribution < -0.4 is 16.8 Å². The maximum Gasteiger partial charge on any atom is 0.224 e. The predicted molar refractivity (Wildman–Crippen MR) is 118 cm³/mol. The number of hydrogen-bond donors (Lipinski definition) is 3. The molecule has 32 heavy (non-hydrogen) atoms. The van der Waals surface area contributed by atoms with Gasteiger partial charge in [-0.2, -0.15) is 0 Å². The third-order valence-electron chi connectivity index (χ3n) is 3.87. The van der Waals surface area contributed by atoms with Gasteiger partial charge in [0.25, 0.3) is 0 Å². The number of halogens is 4. The molecule has 1 amide bonds. The van der Waals surface area contributed by atoms with E-state index in [-0.39, 0.29) is 16.7 Å². The third-order valence-corrected chi connectivity index (χ3v) is 4.19. The zero-order valence-corrected chi connectivity index (χ0v) is 17.7. The van der Waals surface area contributed by atoms with Crippen LogP contribution in [0.1, 0.15) is 24.7 Å². The summed E-state index contributed by atoms with van der Waals surface area (Å²) in [5.41, 5.74) is 13.0. The van der Waals surface area contributed by atoms with Gasteiger partial charge in [-0.15, -0.1) is 0 Å². The van der Waals surface area contributed by atoms with Crippen LogP contribution in [0.25, 0.3) is 6.08 Å². The van der Waals surface area contributed by atoms with Crippen LogP contribution in [0.5, 0.6) is 0 Å². The van der Waals surface area contributed by atoms with Gasteiger partial charge in [-0.1, -0.05) is 17.7 Å². The van der Waals surface area contributed by atoms with Gasteiger partial charge in [0.15, 0.2) is 5.15 Å². The Kier molecular flexibility index (Phi) is 8.96. The van der Waals surface area contributed by atoms with Crippen LogP contribution in [0, 0.1) is 17.5 Å². The lowest BCUT2D eigenvalue weighted by Gasteiger charge is -2.14. The topological polar surface area (TPSA) is 120 Å². The van der Waals surface area contributed by atoms with E-state index in [4.69, 9.17) is 23.1 Å². The highest BCUT2D eigenvalue weighted by molar-refractivity contribution is 6.31. The van der Waals surface area contributed by atoms with E-state index in [0.29, 0.717) is 29.9 Å². The zero-order valence-electron chi connectivity index (χ0n) is 16.9. The Bertz CT molecular complexity index is 1130. The molecule has 0 unspecified atom stereocenters. The lowest BCUT2D eigenvalue weighted by molar-refractivity contribution is -0.116. The van der Waals surface area contributed by atoms with Crippen LogP contribution in [-0.2, 0) is 11.2 Å². The number of hydrogen-bond acceptors (Lipinski definition) is 6. The van der Waals surface area contributed by atoms with Crippen LogP contribution in [0.4, 0.5) is 30.2 Å². The van der Waals surface area contributed by atoms with Crippen molar-refractivity contribution in [1.82, 2.24) is 15.0 Å². The lowest BCUT2D eigenvalue weighted by Crippen LogP contribution is -2.19. The Morgan fingerprint density at radius 3 is 2.12 bits per heavy atom. The van der Waals surface area contributed by atoms with Crippen molar-refractivity contribution in [2.24, 2.45) is 0 Å². The fourth-order valence-electron chi connectivity index (χ4n) is 2.42. The molecule has 4 rings (SSSR count). The van der Waals surface area contributed by atoms with Crippen molar-refractivity contribution in [1.29, 1.82) is 0 Å². The normalized spacial score (nSPS) is 12.1. The van der Waals surface area contributed by atoms with Gasteiger partial charge < -0.3 is 16.8 Å². The van der Waals surface area contributed by atoms with E-state index in [1.165, 1.54) is 12.1 Å². The summed E-state index contributed by atoms with van der Waals surface area (Å²) in [6, 6.07) is 3.66. The highest BCUT2D eigenvalue weighted by Gasteiger charge is 2.15. The molecule has 0 fully saturated rings. The summed E-state index contributed by atoms with van der Waals surface area (Å²) < 4.78 is 37.2. The minimum atomic E-state index is -0.475. The monoisotopic (exact) mass is 464 g/mol. The van der Waals surface area contributed by atoms with Gasteiger partial charge in [0.2, 0.25) is 5.91 Å². The molecule has 0 aromatic carbocycles. The molecule has 168 valence electrons. The number of nitrogens with two attached hydrogens (primary N) is 2. The number of allylic oxidation sites excluding steroid dienone is 1. The lowest BCUT2D eigenvalue weighted by atomic mass is 10.1. The number of fused-ring (bicyclic) bond motifs is 1. The smallest absolute Gasteiger partial charge is 0.224 e. The molecule has 4 heterocycles. The largest absolute Gasteiger partial charge is 0.397 e. The minimum absolute atomic E-state index is 0.0742. The number of pyridine rings is 3. The van der Waals surface area contributed by atoms with Crippen LogP contribution in [0.3, 0.4) is 0 Å². The Morgan fingerprint density at radius 2 is 1.53 bits per heavy atom. The van der Waals surface area contributed by atoms with Crippen molar-refractivity contribution >= 4 is 40.6 Å². The average molecular weight is 465 g/mol. The summed E-state index contributed by atoms with van der Waals surface area (Å²) in [4.78, 5) is 22.0. The molecule has 5 N–H and O–H groups in total. The van der Waals surface area contributed by atoms with Crippen molar-refractivity contribution in [3.05, 3.63) is 76.9 Å².